The molecule has 0 N–H and O–H groups in total. The van der Waals surface area contributed by atoms with E-state index in [1.54, 1.807) is 0 Å². The highest BCUT2D eigenvalue weighted by atomic mass is 35.5. The van der Waals surface area contributed by atoms with Gasteiger partial charge in [0.15, 0.2) is 0 Å². The quantitative estimate of drug-likeness (QED) is 0.428. The third-order valence-corrected chi connectivity index (χ3v) is 2.41. The first-order valence-electron chi connectivity index (χ1n) is 3.37. The van der Waals surface area contributed by atoms with E-state index in [4.69, 9.17) is 15.9 Å². The summed E-state index contributed by atoms with van der Waals surface area (Å²) in [7, 11) is 1.47. The first-order valence-corrected chi connectivity index (χ1v) is 4.49. The zero-order valence-corrected chi connectivity index (χ0v) is 8.41. The van der Waals surface area contributed by atoms with E-state index in [2.05, 4.69) is 4.89 Å². The van der Waals surface area contributed by atoms with Gasteiger partial charge < -0.3 is 0 Å². The molecule has 0 aliphatic heterocycles. The molecule has 0 aromatic heterocycles. The van der Waals surface area contributed by atoms with Gasteiger partial charge in [-0.05, 0) is 30.7 Å². The van der Waals surface area contributed by atoms with Crippen LogP contribution in [0.4, 0.5) is 0 Å². The summed E-state index contributed by atoms with van der Waals surface area (Å²) in [5.41, 5.74) is 1.07. The fraction of sp³-hybridized carbons (Fsp3) is 0.250. The monoisotopic (exact) mass is 204 g/mol. The average Bonchev–Trinajstić information content (AvgIpc) is 2.03. The second-order valence-electron chi connectivity index (χ2n) is 2.23. The topological polar surface area (TPSA) is 18.5 Å². The molecule has 0 saturated heterocycles. The minimum atomic E-state index is 0.731. The van der Waals surface area contributed by atoms with Crippen LogP contribution in [0.1, 0.15) is 5.56 Å². The van der Waals surface area contributed by atoms with Crippen molar-refractivity contribution in [2.24, 2.45) is 0 Å². The van der Waals surface area contributed by atoms with Crippen LogP contribution in [0.15, 0.2) is 23.1 Å². The lowest BCUT2D eigenvalue weighted by atomic mass is 10.2. The van der Waals surface area contributed by atoms with Crippen molar-refractivity contribution < 1.29 is 9.22 Å². The Morgan fingerprint density at radius 1 is 1.42 bits per heavy atom. The largest absolute Gasteiger partial charge is 0.227 e. The summed E-state index contributed by atoms with van der Waals surface area (Å²) in [6, 6.07) is 5.58. The predicted octanol–water partition coefficient (Wildman–Crippen LogP) is 3.23. The van der Waals surface area contributed by atoms with Gasteiger partial charge in [0.25, 0.3) is 0 Å². The maximum Gasteiger partial charge on any atom is 0.0725 e. The Balaban J connectivity index is 2.72. The fourth-order valence-corrected chi connectivity index (χ4v) is 1.46. The van der Waals surface area contributed by atoms with Gasteiger partial charge in [-0.1, -0.05) is 11.6 Å². The predicted molar refractivity (Wildman–Crippen MR) is 50.1 cm³/mol. The van der Waals surface area contributed by atoms with Crippen molar-refractivity contribution in [3.05, 3.63) is 28.8 Å². The standard InChI is InChI=1S/C8H9ClO2S/c1-6-5-7(9)3-4-8(6)12-11-10-2/h3-5H,1-2H3. The van der Waals surface area contributed by atoms with Crippen LogP contribution in [-0.2, 0) is 9.22 Å². The summed E-state index contributed by atoms with van der Waals surface area (Å²) in [6.07, 6.45) is 0. The highest BCUT2D eigenvalue weighted by molar-refractivity contribution is 7.94. The lowest BCUT2D eigenvalue weighted by molar-refractivity contribution is -0.160. The van der Waals surface area contributed by atoms with Gasteiger partial charge in [-0.3, -0.25) is 0 Å². The van der Waals surface area contributed by atoms with Crippen molar-refractivity contribution in [3.8, 4) is 0 Å². The van der Waals surface area contributed by atoms with Crippen molar-refractivity contribution in [1.82, 2.24) is 0 Å². The summed E-state index contributed by atoms with van der Waals surface area (Å²) in [6.45, 7) is 1.97. The molecule has 4 heteroatoms. The Bertz CT molecular complexity index is 265. The highest BCUT2D eigenvalue weighted by Crippen LogP contribution is 2.25. The maximum absolute atomic E-state index is 5.77. The second-order valence-corrected chi connectivity index (χ2v) is 3.41. The molecule has 0 spiro atoms. The van der Waals surface area contributed by atoms with Gasteiger partial charge in [0, 0.05) is 9.92 Å². The normalized spacial score (nSPS) is 10.2. The van der Waals surface area contributed by atoms with Crippen molar-refractivity contribution in [2.45, 2.75) is 11.8 Å². The Morgan fingerprint density at radius 3 is 2.75 bits per heavy atom. The van der Waals surface area contributed by atoms with Crippen molar-refractivity contribution in [3.63, 3.8) is 0 Å². The van der Waals surface area contributed by atoms with Crippen LogP contribution in [0.5, 0.6) is 0 Å². The molecule has 0 heterocycles. The van der Waals surface area contributed by atoms with Crippen LogP contribution in [0.2, 0.25) is 5.02 Å². The zero-order valence-electron chi connectivity index (χ0n) is 6.83. The Morgan fingerprint density at radius 2 is 2.17 bits per heavy atom. The third kappa shape index (κ3) is 2.68. The molecule has 0 unspecified atom stereocenters. The van der Waals surface area contributed by atoms with Crippen LogP contribution in [0.25, 0.3) is 0 Å². The molecule has 0 bridgehead atoms. The van der Waals surface area contributed by atoms with E-state index in [0.29, 0.717) is 0 Å². The zero-order chi connectivity index (χ0) is 8.97. The van der Waals surface area contributed by atoms with Crippen molar-refractivity contribution >= 4 is 23.6 Å². The number of aryl methyl sites for hydroxylation is 1. The Kier molecular flexibility index (Phi) is 3.88. The van der Waals surface area contributed by atoms with Crippen molar-refractivity contribution in [1.29, 1.82) is 0 Å². The summed E-state index contributed by atoms with van der Waals surface area (Å²) < 4.78 is 4.71. The Labute approximate surface area is 81.0 Å². The minimum Gasteiger partial charge on any atom is -0.227 e. The molecule has 0 aliphatic rings. The van der Waals surface area contributed by atoms with Gasteiger partial charge in [-0.25, -0.2) is 4.89 Å². The van der Waals surface area contributed by atoms with E-state index in [-0.39, 0.29) is 0 Å². The first-order chi connectivity index (χ1) is 5.74. The smallest absolute Gasteiger partial charge is 0.0725 e. The number of benzene rings is 1. The number of halogens is 1. The average molecular weight is 205 g/mol. The second kappa shape index (κ2) is 4.72. The molecule has 0 amide bonds. The van der Waals surface area contributed by atoms with E-state index < -0.39 is 0 Å². The molecular formula is C8H9ClO2S. The molecule has 0 aliphatic carbocycles. The van der Waals surface area contributed by atoms with E-state index >= 15 is 0 Å². The molecular weight excluding hydrogens is 196 g/mol. The third-order valence-electron chi connectivity index (χ3n) is 1.33. The molecule has 0 atom stereocenters. The van der Waals surface area contributed by atoms with Gasteiger partial charge >= 0.3 is 0 Å². The first kappa shape index (κ1) is 9.86. The van der Waals surface area contributed by atoms with Crippen LogP contribution in [-0.4, -0.2) is 7.11 Å². The SMILES string of the molecule is COOSc1ccc(Cl)cc1C. The van der Waals surface area contributed by atoms with E-state index in [9.17, 15) is 0 Å². The van der Waals surface area contributed by atoms with E-state index in [0.717, 1.165) is 15.5 Å². The van der Waals surface area contributed by atoms with Gasteiger partial charge in [-0.2, -0.15) is 4.33 Å². The fourth-order valence-electron chi connectivity index (χ4n) is 0.777. The molecule has 1 rings (SSSR count). The van der Waals surface area contributed by atoms with E-state index in [1.807, 2.05) is 25.1 Å². The van der Waals surface area contributed by atoms with Crippen LogP contribution in [0.3, 0.4) is 0 Å². The molecule has 0 saturated carbocycles. The molecule has 12 heavy (non-hydrogen) atoms. The maximum atomic E-state index is 5.77. The summed E-state index contributed by atoms with van der Waals surface area (Å²) in [4.78, 5) is 5.46. The highest BCUT2D eigenvalue weighted by Gasteiger charge is 2.00. The number of hydrogen-bond acceptors (Lipinski definition) is 3. The van der Waals surface area contributed by atoms with Crippen LogP contribution in [0, 0.1) is 6.92 Å². The molecule has 0 fully saturated rings. The van der Waals surface area contributed by atoms with Gasteiger partial charge in [0.2, 0.25) is 0 Å². The van der Waals surface area contributed by atoms with E-state index in [1.165, 1.54) is 19.2 Å². The molecule has 1 aromatic carbocycles. The summed E-state index contributed by atoms with van der Waals surface area (Å²) >= 11 is 6.94. The van der Waals surface area contributed by atoms with Gasteiger partial charge in [-0.15, -0.1) is 0 Å². The van der Waals surface area contributed by atoms with Crippen LogP contribution < -0.4 is 0 Å². The number of rotatable bonds is 3. The Hall–Kier alpha value is -0.220. The lowest BCUT2D eigenvalue weighted by Crippen LogP contribution is -1.82. The molecule has 0 radical (unpaired) electrons. The van der Waals surface area contributed by atoms with Gasteiger partial charge in [0.1, 0.15) is 0 Å². The lowest BCUT2D eigenvalue weighted by Gasteiger charge is -2.02. The van der Waals surface area contributed by atoms with Gasteiger partial charge in [0.05, 0.1) is 19.2 Å². The van der Waals surface area contributed by atoms with Crippen molar-refractivity contribution in [2.75, 3.05) is 7.11 Å². The summed E-state index contributed by atoms with van der Waals surface area (Å²) in [5, 5.41) is 0.731. The molecule has 66 valence electrons. The summed E-state index contributed by atoms with van der Waals surface area (Å²) in [5.74, 6) is 0. The van der Waals surface area contributed by atoms with Crippen LogP contribution >= 0.6 is 23.6 Å². The minimum absolute atomic E-state index is 0.731. The molecule has 1 aromatic rings. The molecule has 2 nitrogen and oxygen atoms in total. The number of hydrogen-bond donors (Lipinski definition) is 0.